The number of ether oxygens (including phenoxy) is 1. The molecule has 1 amide bonds. The molecule has 4 nitrogen and oxygen atoms in total. The highest BCUT2D eigenvalue weighted by Crippen LogP contribution is 2.30. The zero-order chi connectivity index (χ0) is 16.2. The van der Waals surface area contributed by atoms with Crippen molar-refractivity contribution in [2.24, 2.45) is 0 Å². The second kappa shape index (κ2) is 7.47. The number of aryl methyl sites for hydroxylation is 2. The minimum atomic E-state index is -0.352. The number of fused-ring (bicyclic) bond motifs is 1. The lowest BCUT2D eigenvalue weighted by Crippen LogP contribution is -2.40. The number of amides is 1. The Morgan fingerprint density at radius 1 is 1.17 bits per heavy atom. The molecule has 0 aliphatic heterocycles. The molecule has 3 rings (SSSR count). The van der Waals surface area contributed by atoms with Crippen molar-refractivity contribution in [3.05, 3.63) is 21.4 Å². The Hall–Kier alpha value is -1.36. The van der Waals surface area contributed by atoms with Crippen molar-refractivity contribution >= 4 is 23.2 Å². The summed E-state index contributed by atoms with van der Waals surface area (Å²) in [4.78, 5) is 28.1. The maximum atomic E-state index is 12.2. The molecule has 0 N–H and O–H groups in total. The van der Waals surface area contributed by atoms with Gasteiger partial charge in [0.1, 0.15) is 4.88 Å². The predicted octanol–water partition coefficient (Wildman–Crippen LogP) is 3.57. The average Bonchev–Trinajstić information content (AvgIpc) is 3.03. The van der Waals surface area contributed by atoms with Gasteiger partial charge in [-0.1, -0.05) is 19.3 Å². The molecule has 1 aromatic rings. The summed E-state index contributed by atoms with van der Waals surface area (Å²) in [5.41, 5.74) is 1.29. The van der Waals surface area contributed by atoms with E-state index in [9.17, 15) is 9.59 Å². The first-order chi connectivity index (χ1) is 11.1. The van der Waals surface area contributed by atoms with Gasteiger partial charge in [0.2, 0.25) is 0 Å². The SMILES string of the molecule is CN(C(=O)COC(=O)c1cc2c(s1)CCCC2)C1CCCCC1. The molecule has 1 fully saturated rings. The van der Waals surface area contributed by atoms with Gasteiger partial charge < -0.3 is 9.64 Å². The Kier molecular flexibility index (Phi) is 5.36. The van der Waals surface area contributed by atoms with Crippen molar-refractivity contribution in [2.75, 3.05) is 13.7 Å². The normalized spacial score (nSPS) is 18.3. The summed E-state index contributed by atoms with van der Waals surface area (Å²) >= 11 is 1.53. The molecule has 2 aliphatic rings. The van der Waals surface area contributed by atoms with Crippen LogP contribution in [0, 0.1) is 0 Å². The first kappa shape index (κ1) is 16.5. The molecule has 0 radical (unpaired) electrons. The minimum absolute atomic E-state index is 0.0911. The van der Waals surface area contributed by atoms with E-state index in [1.54, 1.807) is 4.90 Å². The van der Waals surface area contributed by atoms with Crippen LogP contribution >= 0.6 is 11.3 Å². The maximum Gasteiger partial charge on any atom is 0.348 e. The summed E-state index contributed by atoms with van der Waals surface area (Å²) in [6.07, 6.45) is 10.3. The molecule has 0 unspecified atom stereocenters. The van der Waals surface area contributed by atoms with Gasteiger partial charge in [-0.2, -0.15) is 0 Å². The smallest absolute Gasteiger partial charge is 0.348 e. The number of esters is 1. The van der Waals surface area contributed by atoms with Crippen molar-refractivity contribution in [1.82, 2.24) is 4.90 Å². The third-order valence-electron chi connectivity index (χ3n) is 5.04. The van der Waals surface area contributed by atoms with Crippen LogP contribution in [0.1, 0.15) is 65.1 Å². The topological polar surface area (TPSA) is 46.6 Å². The Morgan fingerprint density at radius 3 is 2.65 bits per heavy atom. The van der Waals surface area contributed by atoms with Gasteiger partial charge in [0.15, 0.2) is 6.61 Å². The maximum absolute atomic E-state index is 12.2. The lowest BCUT2D eigenvalue weighted by atomic mass is 9.94. The largest absolute Gasteiger partial charge is 0.451 e. The monoisotopic (exact) mass is 335 g/mol. The van der Waals surface area contributed by atoms with Gasteiger partial charge in [0, 0.05) is 18.0 Å². The van der Waals surface area contributed by atoms with Crippen molar-refractivity contribution in [3.8, 4) is 0 Å². The first-order valence-electron chi connectivity index (χ1n) is 8.69. The molecule has 2 aliphatic carbocycles. The number of carbonyl (C=O) groups excluding carboxylic acids is 2. The van der Waals surface area contributed by atoms with Crippen LogP contribution in [0.3, 0.4) is 0 Å². The van der Waals surface area contributed by atoms with E-state index in [0.717, 1.165) is 25.7 Å². The molecule has 0 spiro atoms. The molecule has 0 atom stereocenters. The third-order valence-corrected chi connectivity index (χ3v) is 6.26. The van der Waals surface area contributed by atoms with E-state index in [2.05, 4.69) is 0 Å². The highest BCUT2D eigenvalue weighted by Gasteiger charge is 2.24. The van der Waals surface area contributed by atoms with Gasteiger partial charge in [-0.15, -0.1) is 11.3 Å². The number of likely N-dealkylation sites (N-methyl/N-ethyl adjacent to an activating group) is 1. The molecule has 1 heterocycles. The van der Waals surface area contributed by atoms with Crippen molar-refractivity contribution < 1.29 is 14.3 Å². The van der Waals surface area contributed by atoms with E-state index in [1.165, 1.54) is 53.9 Å². The zero-order valence-corrected chi connectivity index (χ0v) is 14.6. The molecule has 126 valence electrons. The molecular formula is C18H25NO3S. The average molecular weight is 335 g/mol. The van der Waals surface area contributed by atoms with E-state index in [4.69, 9.17) is 4.74 Å². The molecular weight excluding hydrogens is 310 g/mol. The summed E-state index contributed by atoms with van der Waals surface area (Å²) < 4.78 is 5.26. The van der Waals surface area contributed by atoms with E-state index in [1.807, 2.05) is 13.1 Å². The van der Waals surface area contributed by atoms with Gasteiger partial charge in [0.25, 0.3) is 5.91 Å². The van der Waals surface area contributed by atoms with E-state index < -0.39 is 0 Å². The molecule has 1 aromatic heterocycles. The highest BCUT2D eigenvalue weighted by atomic mass is 32.1. The molecule has 0 bridgehead atoms. The summed E-state index contributed by atoms with van der Waals surface area (Å²) in [5.74, 6) is -0.443. The van der Waals surface area contributed by atoms with Gasteiger partial charge >= 0.3 is 5.97 Å². The Labute approximate surface area is 141 Å². The van der Waals surface area contributed by atoms with E-state index >= 15 is 0 Å². The molecule has 5 heteroatoms. The summed E-state index contributed by atoms with van der Waals surface area (Å²) in [6, 6.07) is 2.26. The fraction of sp³-hybridized carbons (Fsp3) is 0.667. The zero-order valence-electron chi connectivity index (χ0n) is 13.8. The molecule has 0 aromatic carbocycles. The van der Waals surface area contributed by atoms with Gasteiger partial charge in [-0.3, -0.25) is 4.79 Å². The van der Waals surface area contributed by atoms with Crippen LogP contribution in [0.15, 0.2) is 6.07 Å². The third kappa shape index (κ3) is 3.94. The summed E-state index contributed by atoms with van der Waals surface area (Å²) in [5, 5.41) is 0. The van der Waals surface area contributed by atoms with Crippen LogP contribution in [0.4, 0.5) is 0 Å². The number of carbonyl (C=O) groups is 2. The standard InChI is InChI=1S/C18H25NO3S/c1-19(14-8-3-2-4-9-14)17(20)12-22-18(21)16-11-13-7-5-6-10-15(13)23-16/h11,14H,2-10,12H2,1H3. The Morgan fingerprint density at radius 2 is 1.91 bits per heavy atom. The van der Waals surface area contributed by atoms with E-state index in [0.29, 0.717) is 10.9 Å². The fourth-order valence-corrected chi connectivity index (χ4v) is 4.71. The van der Waals surface area contributed by atoms with E-state index in [-0.39, 0.29) is 18.5 Å². The van der Waals surface area contributed by atoms with Crippen LogP contribution in [0.2, 0.25) is 0 Å². The lowest BCUT2D eigenvalue weighted by molar-refractivity contribution is -0.135. The predicted molar refractivity (Wildman–Crippen MR) is 90.9 cm³/mol. The Bertz CT molecular complexity index is 551. The van der Waals surface area contributed by atoms with Crippen LogP contribution < -0.4 is 0 Å². The summed E-state index contributed by atoms with van der Waals surface area (Å²) in [6.45, 7) is -0.144. The molecule has 1 saturated carbocycles. The van der Waals surface area contributed by atoms with Crippen molar-refractivity contribution in [3.63, 3.8) is 0 Å². The minimum Gasteiger partial charge on any atom is -0.451 e. The second-order valence-corrected chi connectivity index (χ2v) is 7.78. The molecule has 23 heavy (non-hydrogen) atoms. The number of thiophene rings is 1. The highest BCUT2D eigenvalue weighted by molar-refractivity contribution is 7.14. The van der Waals surface area contributed by atoms with Crippen molar-refractivity contribution in [1.29, 1.82) is 0 Å². The van der Waals surface area contributed by atoms with Gasteiger partial charge in [-0.25, -0.2) is 4.79 Å². The second-order valence-electron chi connectivity index (χ2n) is 6.64. The number of nitrogens with zero attached hydrogens (tertiary/aromatic N) is 1. The van der Waals surface area contributed by atoms with Crippen LogP contribution in [0.25, 0.3) is 0 Å². The van der Waals surface area contributed by atoms with Crippen LogP contribution in [0.5, 0.6) is 0 Å². The Balaban J connectivity index is 1.51. The number of rotatable bonds is 4. The van der Waals surface area contributed by atoms with Gasteiger partial charge in [0.05, 0.1) is 0 Å². The first-order valence-corrected chi connectivity index (χ1v) is 9.51. The fourth-order valence-electron chi connectivity index (χ4n) is 3.56. The van der Waals surface area contributed by atoms with Crippen molar-refractivity contribution in [2.45, 2.75) is 63.8 Å². The quantitative estimate of drug-likeness (QED) is 0.790. The van der Waals surface area contributed by atoms with Crippen LogP contribution in [-0.4, -0.2) is 36.5 Å². The number of hydrogen-bond acceptors (Lipinski definition) is 4. The lowest BCUT2D eigenvalue weighted by Gasteiger charge is -2.31. The summed E-state index contributed by atoms with van der Waals surface area (Å²) in [7, 11) is 1.83. The van der Waals surface area contributed by atoms with Gasteiger partial charge in [-0.05, 0) is 50.2 Å². The van der Waals surface area contributed by atoms with Crippen LogP contribution in [-0.2, 0) is 22.4 Å². The number of hydrogen-bond donors (Lipinski definition) is 0. The molecule has 0 saturated heterocycles.